The second kappa shape index (κ2) is 8.39. The van der Waals surface area contributed by atoms with E-state index in [1.165, 1.54) is 0 Å². The van der Waals surface area contributed by atoms with E-state index in [1.54, 1.807) is 0 Å². The Balaban J connectivity index is 0. The van der Waals surface area contributed by atoms with Crippen molar-refractivity contribution in [2.75, 3.05) is 6.61 Å². The van der Waals surface area contributed by atoms with Crippen molar-refractivity contribution < 1.29 is 36.8 Å². The second-order valence-corrected chi connectivity index (χ2v) is 1.56. The fraction of sp³-hybridized carbons (Fsp3) is 0.833. The van der Waals surface area contributed by atoms with Gasteiger partial charge in [-0.3, -0.25) is 4.79 Å². The first-order valence-corrected chi connectivity index (χ1v) is 2.96. The Morgan fingerprint density at radius 3 is 2.33 bits per heavy atom. The molecule has 0 saturated heterocycles. The van der Waals surface area contributed by atoms with Crippen molar-refractivity contribution >= 4 is 5.97 Å². The van der Waals surface area contributed by atoms with E-state index in [1.807, 2.05) is 13.8 Å². The maximum Gasteiger partial charge on any atom is 0.305 e. The third kappa shape index (κ3) is 8.39. The summed E-state index contributed by atoms with van der Waals surface area (Å²) in [5.74, 6) is -0.0880. The van der Waals surface area contributed by atoms with Gasteiger partial charge in [-0.05, 0) is 13.3 Å². The van der Waals surface area contributed by atoms with Gasteiger partial charge in [-0.2, -0.15) is 0 Å². The van der Waals surface area contributed by atoms with Crippen LogP contribution in [-0.4, -0.2) is 12.6 Å². The third-order valence-electron chi connectivity index (χ3n) is 0.759. The molecule has 3 heteroatoms. The molecule has 0 N–H and O–H groups in total. The quantitative estimate of drug-likeness (QED) is 0.538. The van der Waals surface area contributed by atoms with Crippen LogP contribution in [0.4, 0.5) is 0 Å². The summed E-state index contributed by atoms with van der Waals surface area (Å²) in [6, 6.07) is 0. The summed E-state index contributed by atoms with van der Waals surface area (Å²) in [6.07, 6.45) is 1.42. The molecular weight excluding hydrogens is 216 g/mol. The van der Waals surface area contributed by atoms with Gasteiger partial charge in [0, 0.05) is 33.7 Å². The molecule has 0 aromatic heterocycles. The second-order valence-electron chi connectivity index (χ2n) is 1.56. The minimum Gasteiger partial charge on any atom is -0.466 e. The number of rotatable bonds is 3. The van der Waals surface area contributed by atoms with Gasteiger partial charge in [-0.25, -0.2) is 0 Å². The molecule has 0 spiro atoms. The SMILES string of the molecule is CCCC(=O)OCC.[Cd]. The average molecular weight is 229 g/mol. The molecule has 0 heterocycles. The van der Waals surface area contributed by atoms with E-state index in [9.17, 15) is 4.79 Å². The van der Waals surface area contributed by atoms with Gasteiger partial charge in [0.25, 0.3) is 0 Å². The Morgan fingerprint density at radius 2 is 2.00 bits per heavy atom. The number of carbonyl (C=O) groups excluding carboxylic acids is 1. The summed E-state index contributed by atoms with van der Waals surface area (Å²) in [7, 11) is 0. The fourth-order valence-electron chi connectivity index (χ4n) is 0.437. The molecule has 0 saturated carbocycles. The van der Waals surface area contributed by atoms with Crippen molar-refractivity contribution in [3.05, 3.63) is 0 Å². The predicted molar refractivity (Wildman–Crippen MR) is 31.5 cm³/mol. The largest absolute Gasteiger partial charge is 0.466 e. The third-order valence-corrected chi connectivity index (χ3v) is 0.759. The minimum absolute atomic E-state index is 0. The summed E-state index contributed by atoms with van der Waals surface area (Å²) < 4.78 is 4.64. The monoisotopic (exact) mass is 230 g/mol. The Labute approximate surface area is 76.1 Å². The maximum atomic E-state index is 10.4. The Bertz CT molecular complexity index is 65.5. The standard InChI is InChI=1S/C6H12O2.Cd/c1-3-5-6(7)8-4-2;/h3-5H2,1-2H3;. The van der Waals surface area contributed by atoms with E-state index >= 15 is 0 Å². The topological polar surface area (TPSA) is 26.3 Å². The van der Waals surface area contributed by atoms with Crippen LogP contribution < -0.4 is 0 Å². The van der Waals surface area contributed by atoms with Gasteiger partial charge in [0.2, 0.25) is 0 Å². The average Bonchev–Trinajstić information content (AvgIpc) is 1.68. The zero-order valence-electron chi connectivity index (χ0n) is 6.14. The molecule has 0 aliphatic rings. The predicted octanol–water partition coefficient (Wildman–Crippen LogP) is 1.35. The molecule has 0 radical (unpaired) electrons. The summed E-state index contributed by atoms with van der Waals surface area (Å²) in [6.45, 7) is 4.27. The summed E-state index contributed by atoms with van der Waals surface area (Å²) >= 11 is 0. The van der Waals surface area contributed by atoms with Gasteiger partial charge in [0.15, 0.2) is 0 Å². The van der Waals surface area contributed by atoms with E-state index in [4.69, 9.17) is 0 Å². The molecule has 0 aromatic rings. The van der Waals surface area contributed by atoms with Gasteiger partial charge < -0.3 is 4.74 Å². The van der Waals surface area contributed by atoms with Crippen molar-refractivity contribution in [1.29, 1.82) is 0 Å². The van der Waals surface area contributed by atoms with E-state index in [0.717, 1.165) is 6.42 Å². The molecule has 0 atom stereocenters. The minimum atomic E-state index is -0.0880. The van der Waals surface area contributed by atoms with Crippen LogP contribution in [0, 0.1) is 0 Å². The summed E-state index contributed by atoms with van der Waals surface area (Å²) in [5.41, 5.74) is 0. The van der Waals surface area contributed by atoms with Crippen LogP contribution in [-0.2, 0) is 36.8 Å². The maximum absolute atomic E-state index is 10.4. The normalized spacial score (nSPS) is 7.78. The van der Waals surface area contributed by atoms with Crippen molar-refractivity contribution in [1.82, 2.24) is 0 Å². The summed E-state index contributed by atoms with van der Waals surface area (Å²) in [5, 5.41) is 0. The van der Waals surface area contributed by atoms with Crippen LogP contribution in [0.5, 0.6) is 0 Å². The Hall–Kier alpha value is 0.392. The van der Waals surface area contributed by atoms with Crippen LogP contribution in [0.2, 0.25) is 0 Å². The van der Waals surface area contributed by atoms with Gasteiger partial charge in [-0.15, -0.1) is 0 Å². The number of esters is 1. The first-order chi connectivity index (χ1) is 3.81. The number of ether oxygens (including phenoxy) is 1. The zero-order valence-corrected chi connectivity index (χ0v) is 10.2. The molecule has 0 rings (SSSR count). The van der Waals surface area contributed by atoms with Crippen molar-refractivity contribution in [2.24, 2.45) is 0 Å². The Kier molecular flexibility index (Phi) is 11.3. The van der Waals surface area contributed by atoms with E-state index < -0.39 is 0 Å². The molecule has 0 aliphatic heterocycles. The first kappa shape index (κ1) is 12.1. The molecule has 2 nitrogen and oxygen atoms in total. The van der Waals surface area contributed by atoms with Gasteiger partial charge >= 0.3 is 5.97 Å². The molecule has 0 aliphatic carbocycles. The first-order valence-electron chi connectivity index (χ1n) is 2.96. The Morgan fingerprint density at radius 1 is 1.44 bits per heavy atom. The van der Waals surface area contributed by atoms with Crippen LogP contribution in [0.15, 0.2) is 0 Å². The van der Waals surface area contributed by atoms with Gasteiger partial charge in [0.05, 0.1) is 6.61 Å². The molecule has 0 unspecified atom stereocenters. The van der Waals surface area contributed by atoms with E-state index in [2.05, 4.69) is 4.74 Å². The number of carbonyl (C=O) groups is 1. The van der Waals surface area contributed by atoms with Crippen molar-refractivity contribution in [3.63, 3.8) is 0 Å². The van der Waals surface area contributed by atoms with Gasteiger partial charge in [0.1, 0.15) is 0 Å². The molecule has 50 valence electrons. The molecule has 0 fully saturated rings. The van der Waals surface area contributed by atoms with E-state index in [-0.39, 0.29) is 33.3 Å². The van der Waals surface area contributed by atoms with Crippen LogP contribution >= 0.6 is 0 Å². The van der Waals surface area contributed by atoms with Gasteiger partial charge in [-0.1, -0.05) is 6.92 Å². The zero-order chi connectivity index (χ0) is 6.41. The molecular formula is C6H12CdO2. The molecule has 9 heavy (non-hydrogen) atoms. The number of hydrogen-bond donors (Lipinski definition) is 0. The van der Waals surface area contributed by atoms with E-state index in [0.29, 0.717) is 13.0 Å². The molecule has 0 amide bonds. The van der Waals surface area contributed by atoms with Crippen LogP contribution in [0.1, 0.15) is 26.7 Å². The fourth-order valence-corrected chi connectivity index (χ4v) is 0.437. The summed E-state index contributed by atoms with van der Waals surface area (Å²) in [4.78, 5) is 10.4. The van der Waals surface area contributed by atoms with Crippen LogP contribution in [0.3, 0.4) is 0 Å². The molecule has 0 aromatic carbocycles. The van der Waals surface area contributed by atoms with Crippen LogP contribution in [0.25, 0.3) is 0 Å². The smallest absolute Gasteiger partial charge is 0.305 e. The molecule has 0 bridgehead atoms. The number of hydrogen-bond acceptors (Lipinski definition) is 2. The van der Waals surface area contributed by atoms with Crippen molar-refractivity contribution in [3.8, 4) is 0 Å². The van der Waals surface area contributed by atoms with Crippen molar-refractivity contribution in [2.45, 2.75) is 26.7 Å².